The number of hydrogen-bond donors (Lipinski definition) is 2. The van der Waals surface area contributed by atoms with Crippen molar-refractivity contribution >= 4 is 29.7 Å². The average Bonchev–Trinajstić information content (AvgIpc) is 3.41. The van der Waals surface area contributed by atoms with Crippen molar-refractivity contribution in [2.24, 2.45) is 0 Å². The van der Waals surface area contributed by atoms with Crippen LogP contribution in [0.2, 0.25) is 0 Å². The fourth-order valence-electron chi connectivity index (χ4n) is 4.44. The second kappa shape index (κ2) is 22.2. The van der Waals surface area contributed by atoms with Gasteiger partial charge in [-0.3, -0.25) is 9.48 Å². The number of unbranched alkanes of at least 4 members (excludes halogenated alkanes) is 10. The van der Waals surface area contributed by atoms with Crippen LogP contribution in [0.3, 0.4) is 0 Å². The lowest BCUT2D eigenvalue weighted by atomic mass is 10.0. The van der Waals surface area contributed by atoms with Crippen molar-refractivity contribution in [1.82, 2.24) is 25.6 Å². The van der Waals surface area contributed by atoms with Gasteiger partial charge in [-0.1, -0.05) is 76.3 Å². The molecular formula is C33H61N5O6S. The molecule has 0 spiro atoms. The summed E-state index contributed by atoms with van der Waals surface area (Å²) in [6.45, 7) is 13.6. The first-order valence-corrected chi connectivity index (χ1v) is 17.9. The highest BCUT2D eigenvalue weighted by atomic mass is 32.2. The number of amides is 2. The molecule has 0 aromatic carbocycles. The van der Waals surface area contributed by atoms with E-state index >= 15 is 0 Å². The molecule has 2 atom stereocenters. The summed E-state index contributed by atoms with van der Waals surface area (Å²) in [6, 6.07) is -1.97. The first kappa shape index (κ1) is 40.7. The highest BCUT2D eigenvalue weighted by Gasteiger charge is 2.30. The standard InChI is InChI=1S/C33H61N5O6S/c1-9-10-11-12-13-14-15-16-17-18-19-20-26-23-38(37-36-26)21-22-45-25-28(35-31(41)44-33(5,6)7)29(39)34-27(30(40)42-8)24-43-32(2,3)4/h23,27-28H,9-22,24-25H2,1-8H3,(H,34,39)(H,35,41)/t27?,28-/m0/s1. The van der Waals surface area contributed by atoms with Crippen molar-refractivity contribution < 1.29 is 28.6 Å². The molecule has 12 heteroatoms. The van der Waals surface area contributed by atoms with Gasteiger partial charge in [0.1, 0.15) is 11.6 Å². The Morgan fingerprint density at radius 1 is 0.867 bits per heavy atom. The first-order chi connectivity index (χ1) is 21.2. The number of alkyl carbamates (subject to hydrolysis) is 1. The molecule has 0 fully saturated rings. The zero-order chi connectivity index (χ0) is 33.7. The molecule has 0 aliphatic carbocycles. The molecule has 45 heavy (non-hydrogen) atoms. The van der Waals surface area contributed by atoms with Crippen LogP contribution in [0.15, 0.2) is 6.20 Å². The number of rotatable bonds is 23. The van der Waals surface area contributed by atoms with Crippen molar-refractivity contribution in [3.05, 3.63) is 11.9 Å². The second-order valence-electron chi connectivity index (χ2n) is 13.5. The van der Waals surface area contributed by atoms with Crippen LogP contribution >= 0.6 is 11.8 Å². The maximum absolute atomic E-state index is 13.2. The van der Waals surface area contributed by atoms with E-state index in [2.05, 4.69) is 27.9 Å². The normalized spacial score (nSPS) is 13.2. The van der Waals surface area contributed by atoms with Crippen LogP contribution in [0.25, 0.3) is 0 Å². The molecule has 0 aliphatic rings. The monoisotopic (exact) mass is 655 g/mol. The van der Waals surface area contributed by atoms with Crippen LogP contribution in [-0.2, 0) is 36.8 Å². The SMILES string of the molecule is CCCCCCCCCCCCCc1cn(CCSC[C@H](NC(=O)OC(C)(C)C)C(=O)NC(COC(C)(C)C)C(=O)OC)nn1. The Labute approximate surface area is 276 Å². The van der Waals surface area contributed by atoms with Crippen molar-refractivity contribution in [2.75, 3.05) is 25.2 Å². The third kappa shape index (κ3) is 21.2. The number of aryl methyl sites for hydroxylation is 2. The summed E-state index contributed by atoms with van der Waals surface area (Å²) in [5.74, 6) is -0.253. The van der Waals surface area contributed by atoms with E-state index in [0.717, 1.165) is 18.5 Å². The third-order valence-electron chi connectivity index (χ3n) is 6.86. The summed E-state index contributed by atoms with van der Waals surface area (Å²) < 4.78 is 17.7. The fourth-order valence-corrected chi connectivity index (χ4v) is 5.39. The van der Waals surface area contributed by atoms with Crippen LogP contribution in [0, 0.1) is 0 Å². The Balaban J connectivity index is 2.53. The highest BCUT2D eigenvalue weighted by molar-refractivity contribution is 7.99. The molecule has 1 heterocycles. The van der Waals surface area contributed by atoms with E-state index in [9.17, 15) is 14.4 Å². The summed E-state index contributed by atoms with van der Waals surface area (Å²) in [6.07, 6.45) is 16.6. The van der Waals surface area contributed by atoms with Gasteiger partial charge in [0.15, 0.2) is 6.04 Å². The Kier molecular flexibility index (Phi) is 20.1. The number of esters is 1. The molecule has 1 rings (SSSR count). The van der Waals surface area contributed by atoms with Crippen molar-refractivity contribution in [1.29, 1.82) is 0 Å². The van der Waals surface area contributed by atoms with E-state index < -0.39 is 41.3 Å². The van der Waals surface area contributed by atoms with Gasteiger partial charge in [0, 0.05) is 17.7 Å². The number of carbonyl (C=O) groups is 3. The average molecular weight is 656 g/mol. The molecule has 0 bridgehead atoms. The molecular weight excluding hydrogens is 594 g/mol. The maximum Gasteiger partial charge on any atom is 0.408 e. The van der Waals surface area contributed by atoms with E-state index in [1.165, 1.54) is 83.1 Å². The number of aromatic nitrogens is 3. The number of nitrogens with one attached hydrogen (secondary N) is 2. The zero-order valence-corrected chi connectivity index (χ0v) is 30.1. The minimum Gasteiger partial charge on any atom is -0.467 e. The van der Waals surface area contributed by atoms with Crippen molar-refractivity contribution in [3.8, 4) is 0 Å². The van der Waals surface area contributed by atoms with E-state index in [4.69, 9.17) is 14.2 Å². The molecule has 0 radical (unpaired) electrons. The predicted molar refractivity (Wildman–Crippen MR) is 180 cm³/mol. The first-order valence-electron chi connectivity index (χ1n) is 16.7. The molecule has 260 valence electrons. The molecule has 1 unspecified atom stereocenters. The molecule has 2 amide bonds. The van der Waals surface area contributed by atoms with E-state index in [1.807, 2.05) is 31.6 Å². The number of thioether (sulfide) groups is 1. The largest absolute Gasteiger partial charge is 0.467 e. The van der Waals surface area contributed by atoms with Crippen LogP contribution in [0.5, 0.6) is 0 Å². The molecule has 0 saturated heterocycles. The minimum atomic E-state index is -1.02. The number of carbonyl (C=O) groups excluding carboxylic acids is 3. The van der Waals surface area contributed by atoms with E-state index in [-0.39, 0.29) is 12.4 Å². The number of methoxy groups -OCH3 is 1. The van der Waals surface area contributed by atoms with Crippen LogP contribution in [0.1, 0.15) is 125 Å². The third-order valence-corrected chi connectivity index (χ3v) is 7.90. The van der Waals surface area contributed by atoms with Gasteiger partial charge >= 0.3 is 12.1 Å². The number of nitrogens with zero attached hydrogens (tertiary/aromatic N) is 3. The fraction of sp³-hybridized carbons (Fsp3) is 0.848. The predicted octanol–water partition coefficient (Wildman–Crippen LogP) is 6.23. The summed E-state index contributed by atoms with van der Waals surface area (Å²) in [5, 5.41) is 13.9. The Morgan fingerprint density at radius 3 is 2.02 bits per heavy atom. The van der Waals surface area contributed by atoms with Crippen LogP contribution in [-0.4, -0.2) is 81.5 Å². The Morgan fingerprint density at radius 2 is 1.47 bits per heavy atom. The van der Waals surface area contributed by atoms with Gasteiger partial charge in [-0.2, -0.15) is 11.8 Å². The van der Waals surface area contributed by atoms with Crippen molar-refractivity contribution in [3.63, 3.8) is 0 Å². The lowest BCUT2D eigenvalue weighted by Crippen LogP contribution is -2.55. The number of ether oxygens (including phenoxy) is 3. The number of hydrogen-bond acceptors (Lipinski definition) is 9. The smallest absolute Gasteiger partial charge is 0.408 e. The summed E-state index contributed by atoms with van der Waals surface area (Å²) in [4.78, 5) is 38.1. The van der Waals surface area contributed by atoms with Crippen molar-refractivity contribution in [2.45, 2.75) is 155 Å². The Hall–Kier alpha value is -2.34. The summed E-state index contributed by atoms with van der Waals surface area (Å²) >= 11 is 1.48. The van der Waals surface area contributed by atoms with Gasteiger partial charge in [-0.25, -0.2) is 9.59 Å². The quantitative estimate of drug-likeness (QED) is 0.104. The topological polar surface area (TPSA) is 134 Å². The summed E-state index contributed by atoms with van der Waals surface area (Å²) in [7, 11) is 1.25. The molecule has 2 N–H and O–H groups in total. The zero-order valence-electron chi connectivity index (χ0n) is 29.2. The van der Waals surface area contributed by atoms with Gasteiger partial charge in [0.25, 0.3) is 0 Å². The molecule has 1 aromatic heterocycles. The van der Waals surface area contributed by atoms with Gasteiger partial charge in [-0.05, 0) is 54.4 Å². The molecule has 0 saturated carbocycles. The maximum atomic E-state index is 13.2. The molecule has 0 aliphatic heterocycles. The van der Waals surface area contributed by atoms with Crippen LogP contribution in [0.4, 0.5) is 4.79 Å². The molecule has 1 aromatic rings. The van der Waals surface area contributed by atoms with Gasteiger partial charge < -0.3 is 24.8 Å². The van der Waals surface area contributed by atoms with E-state index in [1.54, 1.807) is 20.8 Å². The van der Waals surface area contributed by atoms with E-state index in [0.29, 0.717) is 12.3 Å². The second-order valence-corrected chi connectivity index (χ2v) is 14.7. The minimum absolute atomic E-state index is 0.0674. The highest BCUT2D eigenvalue weighted by Crippen LogP contribution is 2.14. The van der Waals surface area contributed by atoms with Gasteiger partial charge in [-0.15, -0.1) is 5.10 Å². The van der Waals surface area contributed by atoms with Gasteiger partial charge in [0.05, 0.1) is 31.6 Å². The lowest BCUT2D eigenvalue weighted by Gasteiger charge is -2.26. The Bertz CT molecular complexity index is 976. The van der Waals surface area contributed by atoms with Gasteiger partial charge in [0.2, 0.25) is 5.91 Å². The summed E-state index contributed by atoms with van der Waals surface area (Å²) in [5.41, 5.74) is -0.257. The lowest BCUT2D eigenvalue weighted by molar-refractivity contribution is -0.148. The van der Waals surface area contributed by atoms with Crippen LogP contribution < -0.4 is 10.6 Å². The molecule has 11 nitrogen and oxygen atoms in total.